The van der Waals surface area contributed by atoms with Gasteiger partial charge < -0.3 is 14.3 Å². The molecule has 0 aliphatic rings. The highest BCUT2D eigenvalue weighted by Crippen LogP contribution is 2.12. The molecule has 1 aromatic rings. The molecule has 0 radical (unpaired) electrons. The summed E-state index contributed by atoms with van der Waals surface area (Å²) in [6.07, 6.45) is 0. The van der Waals surface area contributed by atoms with E-state index < -0.39 is 5.97 Å². The predicted molar refractivity (Wildman–Crippen MR) is 62.7 cm³/mol. The summed E-state index contributed by atoms with van der Waals surface area (Å²) in [5.74, 6) is 0.444. The molecule has 0 amide bonds. The summed E-state index contributed by atoms with van der Waals surface area (Å²) >= 11 is 0. The normalized spacial score (nSPS) is 12.8. The monoisotopic (exact) mass is 241 g/mol. The van der Waals surface area contributed by atoms with Crippen LogP contribution in [0.5, 0.6) is 0 Å². The second kappa shape index (κ2) is 6.42. The number of rotatable bonds is 6. The van der Waals surface area contributed by atoms with Crippen molar-refractivity contribution in [3.63, 3.8) is 0 Å². The molecule has 5 heteroatoms. The number of ether oxygens (including phenoxy) is 1. The number of carbonyl (C=O) groups excluding carboxylic acids is 1. The first kappa shape index (κ1) is 13.7. The summed E-state index contributed by atoms with van der Waals surface area (Å²) < 4.78 is 10.2. The fourth-order valence-electron chi connectivity index (χ4n) is 1.32. The Kier molecular flexibility index (Phi) is 5.18. The molecular weight excluding hydrogens is 222 g/mol. The van der Waals surface area contributed by atoms with Crippen LogP contribution < -0.4 is 0 Å². The zero-order valence-electron chi connectivity index (χ0n) is 10.5. The number of carbonyl (C=O) groups is 1. The molecule has 17 heavy (non-hydrogen) atoms. The quantitative estimate of drug-likeness (QED) is 0.760. The lowest BCUT2D eigenvalue weighted by Crippen LogP contribution is -2.31. The lowest BCUT2D eigenvalue weighted by atomic mass is 10.3. The Labute approximate surface area is 101 Å². The maximum Gasteiger partial charge on any atom is 0.374 e. The predicted octanol–water partition coefficient (Wildman–Crippen LogP) is 1.27. The zero-order valence-corrected chi connectivity index (χ0v) is 10.5. The van der Waals surface area contributed by atoms with E-state index in [-0.39, 0.29) is 18.4 Å². The molecule has 96 valence electrons. The molecule has 0 saturated heterocycles. The lowest BCUT2D eigenvalue weighted by molar-refractivity contribution is 0.0485. The number of furan rings is 1. The molecule has 0 saturated carbocycles. The first-order chi connectivity index (χ1) is 8.08. The van der Waals surface area contributed by atoms with E-state index >= 15 is 0 Å². The van der Waals surface area contributed by atoms with Crippen molar-refractivity contribution in [1.82, 2.24) is 4.90 Å². The van der Waals surface area contributed by atoms with Gasteiger partial charge in [-0.25, -0.2) is 4.79 Å². The van der Waals surface area contributed by atoms with Crippen LogP contribution in [-0.4, -0.2) is 42.3 Å². The van der Waals surface area contributed by atoms with Crippen molar-refractivity contribution in [2.75, 3.05) is 20.3 Å². The van der Waals surface area contributed by atoms with Crippen LogP contribution in [0.3, 0.4) is 0 Å². The molecule has 1 aromatic heterocycles. The molecule has 1 N–H and O–H groups in total. The van der Waals surface area contributed by atoms with Gasteiger partial charge in [-0.3, -0.25) is 4.90 Å². The van der Waals surface area contributed by atoms with Crippen molar-refractivity contribution < 1.29 is 19.1 Å². The van der Waals surface area contributed by atoms with Crippen LogP contribution in [0.15, 0.2) is 16.5 Å². The average Bonchev–Trinajstić information content (AvgIpc) is 2.76. The highest BCUT2D eigenvalue weighted by molar-refractivity contribution is 5.86. The Morgan fingerprint density at radius 1 is 1.59 bits per heavy atom. The molecule has 1 heterocycles. The summed E-state index contributed by atoms with van der Waals surface area (Å²) in [7, 11) is 1.88. The number of hydrogen-bond acceptors (Lipinski definition) is 5. The van der Waals surface area contributed by atoms with Gasteiger partial charge in [0.25, 0.3) is 0 Å². The number of aliphatic hydroxyl groups is 1. The van der Waals surface area contributed by atoms with Crippen LogP contribution in [0.1, 0.15) is 30.2 Å². The van der Waals surface area contributed by atoms with Crippen molar-refractivity contribution in [2.45, 2.75) is 26.4 Å². The van der Waals surface area contributed by atoms with Crippen molar-refractivity contribution in [3.05, 3.63) is 23.7 Å². The second-order valence-corrected chi connectivity index (χ2v) is 3.93. The summed E-state index contributed by atoms with van der Waals surface area (Å²) in [6.45, 7) is 4.62. The van der Waals surface area contributed by atoms with E-state index in [2.05, 4.69) is 0 Å². The number of aliphatic hydroxyl groups excluding tert-OH is 1. The van der Waals surface area contributed by atoms with E-state index in [9.17, 15) is 4.79 Å². The third-order valence-electron chi connectivity index (χ3n) is 2.56. The second-order valence-electron chi connectivity index (χ2n) is 3.93. The molecule has 0 spiro atoms. The van der Waals surface area contributed by atoms with Gasteiger partial charge in [0.05, 0.1) is 19.8 Å². The van der Waals surface area contributed by atoms with E-state index in [0.29, 0.717) is 18.9 Å². The smallest absolute Gasteiger partial charge is 0.374 e. The Balaban J connectivity index is 2.59. The minimum atomic E-state index is -0.448. The molecule has 0 fully saturated rings. The van der Waals surface area contributed by atoms with Gasteiger partial charge in [-0.1, -0.05) is 0 Å². The summed E-state index contributed by atoms with van der Waals surface area (Å²) in [4.78, 5) is 13.3. The van der Waals surface area contributed by atoms with Gasteiger partial charge in [0.2, 0.25) is 5.76 Å². The van der Waals surface area contributed by atoms with E-state index in [4.69, 9.17) is 14.3 Å². The Morgan fingerprint density at radius 3 is 2.88 bits per heavy atom. The molecule has 0 aliphatic heterocycles. The topological polar surface area (TPSA) is 62.9 Å². The Bertz CT molecular complexity index is 361. The summed E-state index contributed by atoms with van der Waals surface area (Å²) in [6, 6.07) is 3.39. The van der Waals surface area contributed by atoms with E-state index in [0.717, 1.165) is 0 Å². The third kappa shape index (κ3) is 3.87. The van der Waals surface area contributed by atoms with Gasteiger partial charge in [-0.05, 0) is 33.0 Å². The van der Waals surface area contributed by atoms with E-state index in [1.54, 1.807) is 19.1 Å². The lowest BCUT2D eigenvalue weighted by Gasteiger charge is -2.21. The number of nitrogens with zero attached hydrogens (tertiary/aromatic N) is 1. The van der Waals surface area contributed by atoms with Crippen LogP contribution >= 0.6 is 0 Å². The first-order valence-electron chi connectivity index (χ1n) is 5.65. The van der Waals surface area contributed by atoms with E-state index in [1.165, 1.54) is 0 Å². The Hall–Kier alpha value is -1.33. The molecule has 1 atom stereocenters. The number of esters is 1. The third-order valence-corrected chi connectivity index (χ3v) is 2.56. The van der Waals surface area contributed by atoms with Crippen LogP contribution in [0, 0.1) is 0 Å². The van der Waals surface area contributed by atoms with Gasteiger partial charge >= 0.3 is 5.97 Å². The number of hydrogen-bond donors (Lipinski definition) is 1. The van der Waals surface area contributed by atoms with E-state index in [1.807, 2.05) is 18.9 Å². The first-order valence-corrected chi connectivity index (χ1v) is 5.65. The molecular formula is C12H19NO4. The van der Waals surface area contributed by atoms with Gasteiger partial charge in [-0.15, -0.1) is 0 Å². The largest absolute Gasteiger partial charge is 0.460 e. The fraction of sp³-hybridized carbons (Fsp3) is 0.583. The Morgan fingerprint density at radius 2 is 2.29 bits per heavy atom. The zero-order chi connectivity index (χ0) is 12.8. The van der Waals surface area contributed by atoms with Crippen molar-refractivity contribution in [3.8, 4) is 0 Å². The highest BCUT2D eigenvalue weighted by atomic mass is 16.5. The van der Waals surface area contributed by atoms with Crippen molar-refractivity contribution in [2.24, 2.45) is 0 Å². The molecule has 1 unspecified atom stereocenters. The minimum absolute atomic E-state index is 0.0474. The summed E-state index contributed by atoms with van der Waals surface area (Å²) in [5, 5.41) is 9.00. The van der Waals surface area contributed by atoms with Crippen molar-refractivity contribution >= 4 is 5.97 Å². The number of likely N-dealkylation sites (N-methyl/N-ethyl adjacent to an activating group) is 1. The van der Waals surface area contributed by atoms with Crippen LogP contribution in [-0.2, 0) is 11.3 Å². The van der Waals surface area contributed by atoms with Crippen LogP contribution in [0.2, 0.25) is 0 Å². The van der Waals surface area contributed by atoms with Gasteiger partial charge in [0.15, 0.2) is 0 Å². The maximum absolute atomic E-state index is 11.4. The molecule has 0 aliphatic carbocycles. The molecule has 0 bridgehead atoms. The maximum atomic E-state index is 11.4. The molecule has 1 rings (SSSR count). The highest BCUT2D eigenvalue weighted by Gasteiger charge is 2.14. The molecule has 0 aromatic carbocycles. The standard InChI is InChI=1S/C12H19NO4/c1-4-16-12(15)11-6-5-10(17-11)7-13(3)9(2)8-14/h5-6,9,14H,4,7-8H2,1-3H3. The minimum Gasteiger partial charge on any atom is -0.460 e. The van der Waals surface area contributed by atoms with Gasteiger partial charge in [-0.2, -0.15) is 0 Å². The fourth-order valence-corrected chi connectivity index (χ4v) is 1.32. The SMILES string of the molecule is CCOC(=O)c1ccc(CN(C)C(C)CO)o1. The average molecular weight is 241 g/mol. The van der Waals surface area contributed by atoms with Gasteiger partial charge in [0.1, 0.15) is 5.76 Å². The molecule has 5 nitrogen and oxygen atoms in total. The van der Waals surface area contributed by atoms with Crippen molar-refractivity contribution in [1.29, 1.82) is 0 Å². The van der Waals surface area contributed by atoms with Crippen LogP contribution in [0.25, 0.3) is 0 Å². The summed E-state index contributed by atoms with van der Waals surface area (Å²) in [5.41, 5.74) is 0. The van der Waals surface area contributed by atoms with Crippen LogP contribution in [0.4, 0.5) is 0 Å². The van der Waals surface area contributed by atoms with Gasteiger partial charge in [0, 0.05) is 6.04 Å².